The van der Waals surface area contributed by atoms with Gasteiger partial charge in [0, 0.05) is 25.2 Å². The second-order valence-corrected chi connectivity index (χ2v) is 6.20. The van der Waals surface area contributed by atoms with Gasteiger partial charge in [-0.2, -0.15) is 0 Å². The van der Waals surface area contributed by atoms with E-state index in [2.05, 4.69) is 18.7 Å². The fraction of sp³-hybridized carbons (Fsp3) is 1.00. The van der Waals surface area contributed by atoms with E-state index in [0.29, 0.717) is 6.10 Å². The van der Waals surface area contributed by atoms with Crippen molar-refractivity contribution in [2.45, 2.75) is 57.6 Å². The Balaban J connectivity index is 1.86. The second-order valence-electron chi connectivity index (χ2n) is 6.20. The molecule has 0 radical (unpaired) electrons. The van der Waals surface area contributed by atoms with Gasteiger partial charge in [0.25, 0.3) is 0 Å². The number of hydrogen-bond acceptors (Lipinski definition) is 3. The number of nitrogens with two attached hydrogens (primary N) is 1. The van der Waals surface area contributed by atoms with E-state index in [-0.39, 0.29) is 5.54 Å². The summed E-state index contributed by atoms with van der Waals surface area (Å²) in [5, 5.41) is 0. The fourth-order valence-corrected chi connectivity index (χ4v) is 3.46. The van der Waals surface area contributed by atoms with Crippen molar-refractivity contribution in [3.8, 4) is 0 Å². The third-order valence-corrected chi connectivity index (χ3v) is 4.34. The summed E-state index contributed by atoms with van der Waals surface area (Å²) in [6.07, 6.45) is 6.60. The standard InChI is InChI=1S/C14H28N2O/c1-3-13-10-16(7-8-17-13)11-14(15)6-4-5-12(2)9-14/h12-13H,3-11,15H2,1-2H3. The van der Waals surface area contributed by atoms with Crippen molar-refractivity contribution in [3.05, 3.63) is 0 Å². The Morgan fingerprint density at radius 1 is 1.47 bits per heavy atom. The number of hydrogen-bond donors (Lipinski definition) is 1. The van der Waals surface area contributed by atoms with Gasteiger partial charge in [0.05, 0.1) is 12.7 Å². The molecule has 0 aromatic carbocycles. The second kappa shape index (κ2) is 5.68. The van der Waals surface area contributed by atoms with E-state index in [1.54, 1.807) is 0 Å². The van der Waals surface area contributed by atoms with E-state index in [1.807, 2.05) is 0 Å². The minimum atomic E-state index is 0.0628. The molecule has 100 valence electrons. The zero-order valence-corrected chi connectivity index (χ0v) is 11.5. The predicted molar refractivity (Wildman–Crippen MR) is 71.0 cm³/mol. The molecule has 2 rings (SSSR count). The third kappa shape index (κ3) is 3.67. The topological polar surface area (TPSA) is 38.5 Å². The molecule has 2 aliphatic rings. The van der Waals surface area contributed by atoms with Gasteiger partial charge in [-0.1, -0.05) is 26.7 Å². The first kappa shape index (κ1) is 13.3. The Labute approximate surface area is 106 Å². The summed E-state index contributed by atoms with van der Waals surface area (Å²) in [7, 11) is 0. The molecule has 1 saturated heterocycles. The Hall–Kier alpha value is -0.120. The van der Waals surface area contributed by atoms with Gasteiger partial charge in [-0.15, -0.1) is 0 Å². The van der Waals surface area contributed by atoms with Crippen molar-refractivity contribution in [2.24, 2.45) is 11.7 Å². The normalized spacial score (nSPS) is 40.4. The Morgan fingerprint density at radius 3 is 3.00 bits per heavy atom. The summed E-state index contributed by atoms with van der Waals surface area (Å²) in [6.45, 7) is 8.62. The van der Waals surface area contributed by atoms with Crippen LogP contribution >= 0.6 is 0 Å². The summed E-state index contributed by atoms with van der Waals surface area (Å²) < 4.78 is 5.72. The summed E-state index contributed by atoms with van der Waals surface area (Å²) >= 11 is 0. The molecule has 3 atom stereocenters. The van der Waals surface area contributed by atoms with Crippen molar-refractivity contribution in [3.63, 3.8) is 0 Å². The summed E-state index contributed by atoms with van der Waals surface area (Å²) in [5.41, 5.74) is 6.65. The van der Waals surface area contributed by atoms with E-state index in [4.69, 9.17) is 10.5 Å². The van der Waals surface area contributed by atoms with E-state index in [0.717, 1.165) is 38.6 Å². The molecule has 2 fully saturated rings. The first-order chi connectivity index (χ1) is 8.11. The SMILES string of the molecule is CCC1CN(CC2(N)CCCC(C)C2)CCO1. The number of rotatable bonds is 3. The van der Waals surface area contributed by atoms with Gasteiger partial charge in [0.1, 0.15) is 0 Å². The average molecular weight is 240 g/mol. The van der Waals surface area contributed by atoms with E-state index < -0.39 is 0 Å². The summed E-state index contributed by atoms with van der Waals surface area (Å²) in [5.74, 6) is 0.803. The van der Waals surface area contributed by atoms with E-state index in [9.17, 15) is 0 Å². The molecule has 17 heavy (non-hydrogen) atoms. The lowest BCUT2D eigenvalue weighted by Gasteiger charge is -2.42. The smallest absolute Gasteiger partial charge is 0.0700 e. The lowest BCUT2D eigenvalue weighted by Crippen LogP contribution is -2.56. The van der Waals surface area contributed by atoms with Crippen molar-refractivity contribution in [1.82, 2.24) is 4.90 Å². The van der Waals surface area contributed by atoms with Gasteiger partial charge in [-0.3, -0.25) is 4.90 Å². The lowest BCUT2D eigenvalue weighted by molar-refractivity contribution is -0.0387. The van der Waals surface area contributed by atoms with E-state index >= 15 is 0 Å². The molecule has 3 unspecified atom stereocenters. The molecule has 1 aliphatic heterocycles. The Morgan fingerprint density at radius 2 is 2.29 bits per heavy atom. The molecule has 3 heteroatoms. The predicted octanol–water partition coefficient (Wildman–Crippen LogP) is 2.00. The maximum absolute atomic E-state index is 6.58. The molecule has 2 N–H and O–H groups in total. The quantitative estimate of drug-likeness (QED) is 0.820. The minimum absolute atomic E-state index is 0.0628. The maximum atomic E-state index is 6.58. The van der Waals surface area contributed by atoms with Crippen LogP contribution in [0, 0.1) is 5.92 Å². The number of ether oxygens (including phenoxy) is 1. The molecule has 1 aliphatic carbocycles. The largest absolute Gasteiger partial charge is 0.376 e. The molecular weight excluding hydrogens is 212 g/mol. The Bertz CT molecular complexity index is 246. The zero-order chi connectivity index (χ0) is 12.3. The maximum Gasteiger partial charge on any atom is 0.0700 e. The van der Waals surface area contributed by atoms with Gasteiger partial charge in [0.2, 0.25) is 0 Å². The monoisotopic (exact) mass is 240 g/mol. The van der Waals surface area contributed by atoms with Crippen molar-refractivity contribution in [1.29, 1.82) is 0 Å². The minimum Gasteiger partial charge on any atom is -0.376 e. The molecule has 0 aromatic rings. The number of nitrogens with zero attached hydrogens (tertiary/aromatic N) is 1. The number of morpholine rings is 1. The molecular formula is C14H28N2O. The van der Waals surface area contributed by atoms with Gasteiger partial charge < -0.3 is 10.5 Å². The summed E-state index contributed by atoms with van der Waals surface area (Å²) in [4.78, 5) is 2.52. The van der Waals surface area contributed by atoms with Gasteiger partial charge in [-0.25, -0.2) is 0 Å². The van der Waals surface area contributed by atoms with Crippen LogP contribution in [-0.2, 0) is 4.74 Å². The molecule has 0 spiro atoms. The van der Waals surface area contributed by atoms with Crippen LogP contribution in [0.4, 0.5) is 0 Å². The average Bonchev–Trinajstić information content (AvgIpc) is 2.28. The van der Waals surface area contributed by atoms with Crippen molar-refractivity contribution in [2.75, 3.05) is 26.2 Å². The van der Waals surface area contributed by atoms with Crippen LogP contribution in [0.1, 0.15) is 46.0 Å². The van der Waals surface area contributed by atoms with E-state index in [1.165, 1.54) is 25.7 Å². The summed E-state index contributed by atoms with van der Waals surface area (Å²) in [6, 6.07) is 0. The van der Waals surface area contributed by atoms with Gasteiger partial charge >= 0.3 is 0 Å². The van der Waals surface area contributed by atoms with Gasteiger partial charge in [0.15, 0.2) is 0 Å². The first-order valence-corrected chi connectivity index (χ1v) is 7.24. The molecule has 1 saturated carbocycles. The van der Waals surface area contributed by atoms with Crippen LogP contribution < -0.4 is 5.73 Å². The zero-order valence-electron chi connectivity index (χ0n) is 11.5. The highest BCUT2D eigenvalue weighted by molar-refractivity contribution is 4.93. The van der Waals surface area contributed by atoms with Gasteiger partial charge in [-0.05, 0) is 25.2 Å². The van der Waals surface area contributed by atoms with Crippen LogP contribution in [0.2, 0.25) is 0 Å². The molecule has 0 amide bonds. The highest BCUT2D eigenvalue weighted by Gasteiger charge is 2.34. The highest BCUT2D eigenvalue weighted by Crippen LogP contribution is 2.31. The van der Waals surface area contributed by atoms with Crippen LogP contribution in [0.3, 0.4) is 0 Å². The van der Waals surface area contributed by atoms with Crippen molar-refractivity contribution < 1.29 is 4.74 Å². The Kier molecular flexibility index (Phi) is 4.45. The van der Waals surface area contributed by atoms with Crippen LogP contribution in [0.15, 0.2) is 0 Å². The van der Waals surface area contributed by atoms with Crippen LogP contribution in [0.25, 0.3) is 0 Å². The molecule has 0 bridgehead atoms. The highest BCUT2D eigenvalue weighted by atomic mass is 16.5. The molecule has 1 heterocycles. The van der Waals surface area contributed by atoms with Crippen molar-refractivity contribution >= 4 is 0 Å². The van der Waals surface area contributed by atoms with Crippen LogP contribution in [-0.4, -0.2) is 42.8 Å². The molecule has 0 aromatic heterocycles. The lowest BCUT2D eigenvalue weighted by atomic mass is 9.76. The first-order valence-electron chi connectivity index (χ1n) is 7.24. The fourth-order valence-electron chi connectivity index (χ4n) is 3.46. The third-order valence-electron chi connectivity index (χ3n) is 4.34. The van der Waals surface area contributed by atoms with Crippen LogP contribution in [0.5, 0.6) is 0 Å². The molecule has 3 nitrogen and oxygen atoms in total.